The summed E-state index contributed by atoms with van der Waals surface area (Å²) in [5.41, 5.74) is 6.26. The number of nitrogens with one attached hydrogen (secondary N) is 1. The Morgan fingerprint density at radius 3 is 2.57 bits per heavy atom. The molecule has 0 radical (unpaired) electrons. The minimum Gasteiger partial charge on any atom is -0.494 e. The molecule has 5 nitrogen and oxygen atoms in total. The van der Waals surface area contributed by atoms with Crippen molar-refractivity contribution in [3.63, 3.8) is 0 Å². The van der Waals surface area contributed by atoms with Crippen LogP contribution in [0.4, 0.5) is 0 Å². The van der Waals surface area contributed by atoms with Crippen molar-refractivity contribution < 1.29 is 4.74 Å². The molecule has 0 fully saturated rings. The molecule has 1 heterocycles. The van der Waals surface area contributed by atoms with Crippen LogP contribution in [0.1, 0.15) is 36.8 Å². The third-order valence-corrected chi connectivity index (χ3v) is 3.49. The van der Waals surface area contributed by atoms with Crippen LogP contribution in [0.5, 0.6) is 5.75 Å². The Labute approximate surface area is 126 Å². The van der Waals surface area contributed by atoms with E-state index in [1.807, 2.05) is 30.7 Å². The Morgan fingerprint density at radius 2 is 2.00 bits per heavy atom. The predicted molar refractivity (Wildman–Crippen MR) is 84.0 cm³/mol. The van der Waals surface area contributed by atoms with E-state index in [-0.39, 0.29) is 6.04 Å². The van der Waals surface area contributed by atoms with Crippen molar-refractivity contribution in [3.05, 3.63) is 47.3 Å². The molecule has 0 aliphatic heterocycles. The lowest BCUT2D eigenvalue weighted by Crippen LogP contribution is -2.30. The SMILES string of the molecule is CCOc1ccc(C(Cc2cc(C)nn2CC)NN)cc1. The number of benzene rings is 1. The van der Waals surface area contributed by atoms with Crippen LogP contribution >= 0.6 is 0 Å². The number of nitrogens with two attached hydrogens (primary N) is 1. The van der Waals surface area contributed by atoms with Crippen molar-refractivity contribution in [3.8, 4) is 5.75 Å². The first-order valence-corrected chi connectivity index (χ1v) is 7.40. The molecule has 0 spiro atoms. The van der Waals surface area contributed by atoms with Crippen LogP contribution in [-0.4, -0.2) is 16.4 Å². The molecule has 1 aromatic carbocycles. The van der Waals surface area contributed by atoms with E-state index in [1.165, 1.54) is 5.69 Å². The Kier molecular flexibility index (Phi) is 5.36. The molecule has 1 aromatic heterocycles. The second-order valence-corrected chi connectivity index (χ2v) is 5.02. The molecular formula is C16H24N4O. The van der Waals surface area contributed by atoms with Crippen LogP contribution in [0.2, 0.25) is 0 Å². The van der Waals surface area contributed by atoms with E-state index >= 15 is 0 Å². The quantitative estimate of drug-likeness (QED) is 0.606. The highest BCUT2D eigenvalue weighted by molar-refractivity contribution is 5.30. The minimum absolute atomic E-state index is 0.0575. The number of aryl methyl sites for hydroxylation is 2. The summed E-state index contributed by atoms with van der Waals surface area (Å²) < 4.78 is 7.49. The highest BCUT2D eigenvalue weighted by atomic mass is 16.5. The van der Waals surface area contributed by atoms with Crippen LogP contribution in [0, 0.1) is 6.92 Å². The molecule has 1 unspecified atom stereocenters. The summed E-state index contributed by atoms with van der Waals surface area (Å²) in [6, 6.07) is 10.2. The van der Waals surface area contributed by atoms with Crippen LogP contribution in [0.25, 0.3) is 0 Å². The van der Waals surface area contributed by atoms with Crippen LogP contribution in [0.3, 0.4) is 0 Å². The number of rotatable bonds is 7. The monoisotopic (exact) mass is 288 g/mol. The molecule has 5 heteroatoms. The topological polar surface area (TPSA) is 65.1 Å². The first kappa shape index (κ1) is 15.5. The molecule has 0 amide bonds. The second kappa shape index (κ2) is 7.24. The maximum Gasteiger partial charge on any atom is 0.119 e. The lowest BCUT2D eigenvalue weighted by Gasteiger charge is -2.17. The minimum atomic E-state index is 0.0575. The maximum absolute atomic E-state index is 5.74. The Bertz CT molecular complexity index is 562. The van der Waals surface area contributed by atoms with Gasteiger partial charge < -0.3 is 4.74 Å². The number of hydrogen-bond acceptors (Lipinski definition) is 4. The van der Waals surface area contributed by atoms with Gasteiger partial charge in [-0.2, -0.15) is 5.10 Å². The van der Waals surface area contributed by atoms with E-state index in [2.05, 4.69) is 35.6 Å². The summed E-state index contributed by atoms with van der Waals surface area (Å²) in [6.07, 6.45) is 0.805. The normalized spacial score (nSPS) is 12.4. The van der Waals surface area contributed by atoms with Gasteiger partial charge in [0.25, 0.3) is 0 Å². The van der Waals surface area contributed by atoms with Gasteiger partial charge in [-0.1, -0.05) is 12.1 Å². The molecule has 2 aromatic rings. The van der Waals surface area contributed by atoms with Gasteiger partial charge in [-0.05, 0) is 44.5 Å². The van der Waals surface area contributed by atoms with Gasteiger partial charge in [-0.3, -0.25) is 16.0 Å². The van der Waals surface area contributed by atoms with Crippen LogP contribution in [0.15, 0.2) is 30.3 Å². The van der Waals surface area contributed by atoms with Gasteiger partial charge in [-0.25, -0.2) is 0 Å². The van der Waals surface area contributed by atoms with Crippen molar-refractivity contribution in [1.29, 1.82) is 0 Å². The number of hydrogen-bond donors (Lipinski definition) is 2. The van der Waals surface area contributed by atoms with Gasteiger partial charge >= 0.3 is 0 Å². The van der Waals surface area contributed by atoms with Crippen molar-refractivity contribution in [2.45, 2.75) is 39.8 Å². The Morgan fingerprint density at radius 1 is 1.29 bits per heavy atom. The molecule has 0 saturated heterocycles. The summed E-state index contributed by atoms with van der Waals surface area (Å²) in [5.74, 6) is 6.62. The van der Waals surface area contributed by atoms with E-state index in [9.17, 15) is 0 Å². The predicted octanol–water partition coefficient (Wildman–Crippen LogP) is 2.36. The van der Waals surface area contributed by atoms with Gasteiger partial charge in [0.2, 0.25) is 0 Å². The number of ether oxygens (including phenoxy) is 1. The zero-order valence-corrected chi connectivity index (χ0v) is 13.0. The summed E-state index contributed by atoms with van der Waals surface area (Å²) in [7, 11) is 0. The molecule has 0 aliphatic carbocycles. The fourth-order valence-electron chi connectivity index (χ4n) is 2.48. The van der Waals surface area contributed by atoms with E-state index < -0.39 is 0 Å². The molecule has 3 N–H and O–H groups in total. The van der Waals surface area contributed by atoms with Gasteiger partial charge in [0.05, 0.1) is 18.3 Å². The smallest absolute Gasteiger partial charge is 0.119 e. The van der Waals surface area contributed by atoms with Crippen molar-refractivity contribution >= 4 is 0 Å². The summed E-state index contributed by atoms with van der Waals surface area (Å²) in [5, 5.41) is 4.48. The summed E-state index contributed by atoms with van der Waals surface area (Å²) in [6.45, 7) is 7.62. The lowest BCUT2D eigenvalue weighted by atomic mass is 10.0. The van der Waals surface area contributed by atoms with E-state index in [1.54, 1.807) is 0 Å². The van der Waals surface area contributed by atoms with Gasteiger partial charge in [-0.15, -0.1) is 0 Å². The molecule has 0 saturated carbocycles. The fourth-order valence-corrected chi connectivity index (χ4v) is 2.48. The average molecular weight is 288 g/mol. The number of aromatic nitrogens is 2. The van der Waals surface area contributed by atoms with E-state index in [0.717, 1.165) is 30.0 Å². The standard InChI is InChI=1S/C16H24N4O/c1-4-20-14(10-12(3)19-20)11-16(18-17)13-6-8-15(9-7-13)21-5-2/h6-10,16,18H,4-5,11,17H2,1-3H3. The Hall–Kier alpha value is -1.85. The van der Waals surface area contributed by atoms with Crippen LogP contribution < -0.4 is 16.0 Å². The first-order valence-electron chi connectivity index (χ1n) is 7.40. The molecule has 114 valence electrons. The third-order valence-electron chi connectivity index (χ3n) is 3.49. The van der Waals surface area contributed by atoms with Crippen molar-refractivity contribution in [1.82, 2.24) is 15.2 Å². The first-order chi connectivity index (χ1) is 10.2. The van der Waals surface area contributed by atoms with E-state index in [0.29, 0.717) is 6.61 Å². The largest absolute Gasteiger partial charge is 0.494 e. The van der Waals surface area contributed by atoms with Gasteiger partial charge in [0.1, 0.15) is 5.75 Å². The average Bonchev–Trinajstić information content (AvgIpc) is 2.86. The highest BCUT2D eigenvalue weighted by Gasteiger charge is 2.14. The zero-order valence-electron chi connectivity index (χ0n) is 13.0. The molecule has 1 atom stereocenters. The molecule has 0 bridgehead atoms. The maximum atomic E-state index is 5.74. The van der Waals surface area contributed by atoms with Gasteiger partial charge in [0, 0.05) is 18.7 Å². The summed E-state index contributed by atoms with van der Waals surface area (Å²) >= 11 is 0. The second-order valence-electron chi connectivity index (χ2n) is 5.02. The summed E-state index contributed by atoms with van der Waals surface area (Å²) in [4.78, 5) is 0. The van der Waals surface area contributed by atoms with Gasteiger partial charge in [0.15, 0.2) is 0 Å². The third kappa shape index (κ3) is 3.83. The Balaban J connectivity index is 2.15. The van der Waals surface area contributed by atoms with Crippen molar-refractivity contribution in [2.75, 3.05) is 6.61 Å². The lowest BCUT2D eigenvalue weighted by molar-refractivity contribution is 0.340. The molecule has 2 rings (SSSR count). The fraction of sp³-hybridized carbons (Fsp3) is 0.438. The number of hydrazine groups is 1. The number of nitrogens with zero attached hydrogens (tertiary/aromatic N) is 2. The zero-order chi connectivity index (χ0) is 15.2. The highest BCUT2D eigenvalue weighted by Crippen LogP contribution is 2.21. The molecule has 21 heavy (non-hydrogen) atoms. The van der Waals surface area contributed by atoms with Crippen molar-refractivity contribution in [2.24, 2.45) is 5.84 Å². The molecule has 0 aliphatic rings. The van der Waals surface area contributed by atoms with Crippen LogP contribution in [-0.2, 0) is 13.0 Å². The molecular weight excluding hydrogens is 264 g/mol. The van der Waals surface area contributed by atoms with E-state index in [4.69, 9.17) is 10.6 Å².